The molecule has 1 aromatic heterocycles. The van der Waals surface area contributed by atoms with E-state index in [-0.39, 0.29) is 41.7 Å². The van der Waals surface area contributed by atoms with Crippen LogP contribution < -0.4 is 21.3 Å². The summed E-state index contributed by atoms with van der Waals surface area (Å²) in [7, 11) is 1.68. The fraction of sp³-hybridized carbons (Fsp3) is 0.650. The lowest BCUT2D eigenvalue weighted by atomic mass is 10.1. The van der Waals surface area contributed by atoms with Crippen molar-refractivity contribution in [3.8, 4) is 0 Å². The largest absolute Gasteiger partial charge is 0.459 e. The molecule has 0 radical (unpaired) electrons. The van der Waals surface area contributed by atoms with Gasteiger partial charge in [0, 0.05) is 32.7 Å². The summed E-state index contributed by atoms with van der Waals surface area (Å²) in [6.07, 6.45) is 3.96. The minimum absolute atomic E-state index is 0. The molecule has 30 heavy (non-hydrogen) atoms. The summed E-state index contributed by atoms with van der Waals surface area (Å²) in [5.74, 6) is 0.617. The van der Waals surface area contributed by atoms with Crippen LogP contribution in [0.2, 0.25) is 0 Å². The first-order chi connectivity index (χ1) is 13.7. The number of ether oxygens (including phenoxy) is 1. The minimum atomic E-state index is -0.534. The Morgan fingerprint density at radius 3 is 2.47 bits per heavy atom. The molecule has 0 aliphatic heterocycles. The van der Waals surface area contributed by atoms with Crippen molar-refractivity contribution in [1.29, 1.82) is 0 Å². The maximum atomic E-state index is 11.9. The Morgan fingerprint density at radius 2 is 1.90 bits per heavy atom. The fourth-order valence-corrected chi connectivity index (χ4v) is 2.44. The predicted molar refractivity (Wildman–Crippen MR) is 129 cm³/mol. The highest BCUT2D eigenvalue weighted by Crippen LogP contribution is 2.07. The monoisotopic (exact) mass is 537 g/mol. The molecule has 1 atom stereocenters. The zero-order valence-electron chi connectivity index (χ0n) is 18.5. The summed E-state index contributed by atoms with van der Waals surface area (Å²) in [6.45, 7) is 8.93. The van der Waals surface area contributed by atoms with Crippen LogP contribution in [0.3, 0.4) is 0 Å². The zero-order valence-corrected chi connectivity index (χ0v) is 20.9. The van der Waals surface area contributed by atoms with E-state index in [1.165, 1.54) is 6.26 Å². The molecule has 0 aliphatic rings. The molecule has 0 saturated carbocycles. The Hall–Kier alpha value is -1.98. The van der Waals surface area contributed by atoms with Crippen LogP contribution in [0.25, 0.3) is 0 Å². The quantitative estimate of drug-likeness (QED) is 0.158. The smallest absolute Gasteiger partial charge is 0.407 e. The Balaban J connectivity index is 0.00000841. The number of hydrogen-bond acceptors (Lipinski definition) is 5. The lowest BCUT2D eigenvalue weighted by Crippen LogP contribution is -2.50. The molecule has 0 fully saturated rings. The summed E-state index contributed by atoms with van der Waals surface area (Å²) in [4.78, 5) is 28.0. The molecule has 2 amide bonds. The van der Waals surface area contributed by atoms with Crippen LogP contribution in [0.5, 0.6) is 0 Å². The predicted octanol–water partition coefficient (Wildman–Crippen LogP) is 2.88. The summed E-state index contributed by atoms with van der Waals surface area (Å²) in [6, 6.07) is 3.28. The number of alkyl carbamates (subject to hydrolysis) is 1. The highest BCUT2D eigenvalue weighted by atomic mass is 127. The number of rotatable bonds is 10. The van der Waals surface area contributed by atoms with Crippen molar-refractivity contribution in [3.05, 3.63) is 24.2 Å². The molecule has 1 aromatic rings. The Kier molecular flexibility index (Phi) is 13.9. The normalized spacial score (nSPS) is 12.4. The van der Waals surface area contributed by atoms with Crippen molar-refractivity contribution in [2.45, 2.75) is 58.6 Å². The van der Waals surface area contributed by atoms with Crippen molar-refractivity contribution in [2.75, 3.05) is 26.7 Å². The van der Waals surface area contributed by atoms with Gasteiger partial charge in [0.05, 0.1) is 6.26 Å². The number of halogens is 1. The van der Waals surface area contributed by atoms with Gasteiger partial charge in [0.2, 0.25) is 0 Å². The highest BCUT2D eigenvalue weighted by Gasteiger charge is 2.18. The number of nitrogens with one attached hydrogen (secondary N) is 4. The Bertz CT molecular complexity index is 644. The van der Waals surface area contributed by atoms with Crippen molar-refractivity contribution >= 4 is 41.9 Å². The van der Waals surface area contributed by atoms with Gasteiger partial charge in [-0.3, -0.25) is 9.79 Å². The van der Waals surface area contributed by atoms with Crippen LogP contribution in [-0.2, 0) is 4.74 Å². The van der Waals surface area contributed by atoms with Crippen molar-refractivity contribution in [3.63, 3.8) is 0 Å². The molecule has 172 valence electrons. The number of carbonyl (C=O) groups is 2. The number of hydrogen-bond donors (Lipinski definition) is 4. The van der Waals surface area contributed by atoms with Gasteiger partial charge < -0.3 is 30.4 Å². The van der Waals surface area contributed by atoms with Gasteiger partial charge >= 0.3 is 6.09 Å². The number of nitrogens with zero attached hydrogens (tertiary/aromatic N) is 1. The van der Waals surface area contributed by atoms with Gasteiger partial charge in [0.15, 0.2) is 11.7 Å². The third-order valence-corrected chi connectivity index (χ3v) is 3.81. The molecule has 0 aromatic carbocycles. The van der Waals surface area contributed by atoms with Crippen molar-refractivity contribution < 1.29 is 18.7 Å². The van der Waals surface area contributed by atoms with Gasteiger partial charge in [-0.05, 0) is 39.3 Å². The van der Waals surface area contributed by atoms with E-state index in [0.717, 1.165) is 19.3 Å². The third-order valence-electron chi connectivity index (χ3n) is 3.81. The highest BCUT2D eigenvalue weighted by molar-refractivity contribution is 14.0. The van der Waals surface area contributed by atoms with E-state index in [1.807, 2.05) is 20.8 Å². The minimum Gasteiger partial charge on any atom is -0.459 e. The van der Waals surface area contributed by atoms with Crippen LogP contribution in [-0.4, -0.2) is 56.3 Å². The number of aliphatic imine (C=N–C) groups is 1. The third kappa shape index (κ3) is 12.6. The van der Waals surface area contributed by atoms with Gasteiger partial charge in [-0.15, -0.1) is 24.0 Å². The van der Waals surface area contributed by atoms with Gasteiger partial charge in [-0.25, -0.2) is 4.79 Å². The number of furan rings is 1. The molecule has 0 aliphatic carbocycles. The van der Waals surface area contributed by atoms with Gasteiger partial charge in [0.25, 0.3) is 5.91 Å². The SMILES string of the molecule is CCCCC(CNC(=O)OC(C)(C)C)NC(=NC)NCCNC(=O)c1ccco1.I. The van der Waals surface area contributed by atoms with Crippen molar-refractivity contribution in [2.24, 2.45) is 4.99 Å². The Labute approximate surface area is 196 Å². The average molecular weight is 537 g/mol. The second kappa shape index (κ2) is 14.9. The maximum absolute atomic E-state index is 11.9. The first kappa shape index (κ1) is 28.0. The van der Waals surface area contributed by atoms with Gasteiger partial charge in [-0.1, -0.05) is 19.8 Å². The first-order valence-corrected chi connectivity index (χ1v) is 10.0. The van der Waals surface area contributed by atoms with E-state index in [2.05, 4.69) is 33.2 Å². The molecule has 9 nitrogen and oxygen atoms in total. The van der Waals surface area contributed by atoms with E-state index < -0.39 is 11.7 Å². The second-order valence-electron chi connectivity index (χ2n) is 7.60. The number of amides is 2. The molecule has 0 bridgehead atoms. The topological polar surface area (TPSA) is 117 Å². The van der Waals surface area contributed by atoms with Crippen molar-refractivity contribution in [1.82, 2.24) is 21.3 Å². The number of unbranched alkanes of at least 4 members (excludes halogenated alkanes) is 1. The molecular formula is C20H36IN5O4. The number of guanidine groups is 1. The summed E-state index contributed by atoms with van der Waals surface area (Å²) < 4.78 is 10.3. The second-order valence-corrected chi connectivity index (χ2v) is 7.60. The summed E-state index contributed by atoms with van der Waals surface area (Å²) in [5.41, 5.74) is -0.534. The van der Waals surface area contributed by atoms with Gasteiger partial charge in [0.1, 0.15) is 5.60 Å². The maximum Gasteiger partial charge on any atom is 0.407 e. The molecule has 10 heteroatoms. The van der Waals surface area contributed by atoms with Crippen LogP contribution >= 0.6 is 24.0 Å². The molecule has 1 heterocycles. The molecule has 1 rings (SSSR count). The first-order valence-electron chi connectivity index (χ1n) is 10.0. The summed E-state index contributed by atoms with van der Waals surface area (Å²) >= 11 is 0. The van der Waals surface area contributed by atoms with E-state index in [9.17, 15) is 9.59 Å². The molecule has 0 spiro atoms. The fourth-order valence-electron chi connectivity index (χ4n) is 2.44. The average Bonchev–Trinajstić information content (AvgIpc) is 3.19. The lowest BCUT2D eigenvalue weighted by molar-refractivity contribution is 0.0522. The number of carbonyl (C=O) groups excluding carboxylic acids is 2. The summed E-state index contributed by atoms with van der Waals surface area (Å²) in [5, 5.41) is 12.0. The molecule has 4 N–H and O–H groups in total. The van der Waals surface area contributed by atoms with Crippen LogP contribution in [0, 0.1) is 0 Å². The molecular weight excluding hydrogens is 501 g/mol. The van der Waals surface area contributed by atoms with Crippen LogP contribution in [0.15, 0.2) is 27.8 Å². The van der Waals surface area contributed by atoms with Crippen LogP contribution in [0.4, 0.5) is 4.79 Å². The molecule has 1 unspecified atom stereocenters. The van der Waals surface area contributed by atoms with E-state index in [1.54, 1.807) is 19.2 Å². The lowest BCUT2D eigenvalue weighted by Gasteiger charge is -2.24. The zero-order chi connectivity index (χ0) is 21.7. The van der Waals surface area contributed by atoms with E-state index in [0.29, 0.717) is 25.6 Å². The van der Waals surface area contributed by atoms with E-state index >= 15 is 0 Å². The van der Waals surface area contributed by atoms with Crippen LogP contribution in [0.1, 0.15) is 57.5 Å². The standard InChI is InChI=1S/C20H35N5O4.HI/c1-6-7-9-15(14-24-19(27)29-20(2,3)4)25-18(21-5)23-12-11-22-17(26)16-10-8-13-28-16;/h8,10,13,15H,6-7,9,11-12,14H2,1-5H3,(H,22,26)(H,24,27)(H2,21,23,25);1H. The van der Waals surface area contributed by atoms with Gasteiger partial charge in [-0.2, -0.15) is 0 Å². The Morgan fingerprint density at radius 1 is 1.20 bits per heavy atom. The molecule has 0 saturated heterocycles. The van der Waals surface area contributed by atoms with E-state index in [4.69, 9.17) is 9.15 Å².